The molecule has 3 aliphatic rings. The van der Waals surface area contributed by atoms with Crippen molar-refractivity contribution in [3.05, 3.63) is 0 Å². The summed E-state index contributed by atoms with van der Waals surface area (Å²) in [5.74, 6) is -0.212. The second-order valence-corrected chi connectivity index (χ2v) is 5.15. The van der Waals surface area contributed by atoms with Crippen LogP contribution in [0.25, 0.3) is 0 Å². The fourth-order valence-electron chi connectivity index (χ4n) is 2.95. The number of carbonyl (C=O) groups is 1. The van der Waals surface area contributed by atoms with Crippen molar-refractivity contribution in [3.8, 4) is 0 Å². The van der Waals surface area contributed by atoms with Gasteiger partial charge in [0.25, 0.3) is 0 Å². The second-order valence-electron chi connectivity index (χ2n) is 5.15. The number of hydrogen-bond acceptors (Lipinski definition) is 5. The Kier molecular flexibility index (Phi) is 3.06. The summed E-state index contributed by atoms with van der Waals surface area (Å²) in [7, 11) is 0. The first-order valence-corrected chi connectivity index (χ1v) is 6.44. The van der Waals surface area contributed by atoms with E-state index in [4.69, 9.17) is 14.2 Å². The van der Waals surface area contributed by atoms with Crippen molar-refractivity contribution < 1.29 is 19.0 Å². The van der Waals surface area contributed by atoms with Crippen LogP contribution in [0.4, 0.5) is 0 Å². The summed E-state index contributed by atoms with van der Waals surface area (Å²) in [4.78, 5) is 11.3. The third-order valence-corrected chi connectivity index (χ3v) is 3.93. The van der Waals surface area contributed by atoms with Gasteiger partial charge in [-0.2, -0.15) is 0 Å². The minimum absolute atomic E-state index is 0.00156. The third-order valence-electron chi connectivity index (χ3n) is 3.93. The van der Waals surface area contributed by atoms with Crippen molar-refractivity contribution in [2.45, 2.75) is 43.5 Å². The van der Waals surface area contributed by atoms with Gasteiger partial charge >= 0.3 is 5.97 Å². The Labute approximate surface area is 101 Å². The molecule has 0 bridgehead atoms. The maximum Gasteiger partial charge on any atom is 0.335 e. The van der Waals surface area contributed by atoms with E-state index < -0.39 is 0 Å². The van der Waals surface area contributed by atoms with Crippen LogP contribution in [0.15, 0.2) is 0 Å². The highest BCUT2D eigenvalue weighted by molar-refractivity contribution is 5.76. The van der Waals surface area contributed by atoms with Crippen LogP contribution in [-0.4, -0.2) is 50.1 Å². The van der Waals surface area contributed by atoms with E-state index in [1.807, 2.05) is 0 Å². The summed E-state index contributed by atoms with van der Waals surface area (Å²) in [5, 5.41) is 3.34. The minimum atomic E-state index is -0.361. The van der Waals surface area contributed by atoms with Crippen LogP contribution < -0.4 is 5.32 Å². The maximum atomic E-state index is 11.3. The van der Waals surface area contributed by atoms with Gasteiger partial charge in [0.2, 0.25) is 0 Å². The normalized spacial score (nSPS) is 36.4. The van der Waals surface area contributed by atoms with Crippen LogP contribution in [0.5, 0.6) is 0 Å². The van der Waals surface area contributed by atoms with Gasteiger partial charge < -0.3 is 19.5 Å². The number of piperidine rings is 1. The molecule has 0 aromatic carbocycles. The van der Waals surface area contributed by atoms with Crippen molar-refractivity contribution in [3.63, 3.8) is 0 Å². The predicted octanol–water partition coefficient (Wildman–Crippen LogP) is 0.230. The van der Waals surface area contributed by atoms with E-state index in [2.05, 4.69) is 5.32 Å². The second kappa shape index (κ2) is 4.55. The quantitative estimate of drug-likeness (QED) is 0.701. The predicted molar refractivity (Wildman–Crippen MR) is 59.6 cm³/mol. The van der Waals surface area contributed by atoms with Crippen LogP contribution >= 0.6 is 0 Å². The smallest absolute Gasteiger partial charge is 0.335 e. The van der Waals surface area contributed by atoms with Gasteiger partial charge in [-0.1, -0.05) is 0 Å². The van der Waals surface area contributed by atoms with Gasteiger partial charge in [0, 0.05) is 12.8 Å². The molecule has 5 heteroatoms. The van der Waals surface area contributed by atoms with Crippen LogP contribution in [-0.2, 0) is 19.0 Å². The number of rotatable bonds is 2. The van der Waals surface area contributed by atoms with E-state index in [-0.39, 0.29) is 23.8 Å². The Hall–Kier alpha value is -0.650. The molecule has 2 unspecified atom stereocenters. The average Bonchev–Trinajstić information content (AvgIpc) is 2.90. The van der Waals surface area contributed by atoms with Gasteiger partial charge in [0.1, 0.15) is 0 Å². The van der Waals surface area contributed by atoms with Gasteiger partial charge in [-0.25, -0.2) is 4.79 Å². The molecule has 17 heavy (non-hydrogen) atoms. The lowest BCUT2D eigenvalue weighted by molar-refractivity contribution is -0.150. The van der Waals surface area contributed by atoms with E-state index >= 15 is 0 Å². The Morgan fingerprint density at radius 2 is 2.18 bits per heavy atom. The minimum Gasteiger partial charge on any atom is -0.464 e. The van der Waals surface area contributed by atoms with Crippen molar-refractivity contribution in [1.29, 1.82) is 0 Å². The molecular formula is C12H19NO4. The average molecular weight is 241 g/mol. The van der Waals surface area contributed by atoms with Crippen molar-refractivity contribution in [2.24, 2.45) is 0 Å². The molecule has 0 aromatic rings. The lowest BCUT2D eigenvalue weighted by atomic mass is 9.89. The summed E-state index contributed by atoms with van der Waals surface area (Å²) >= 11 is 0. The van der Waals surface area contributed by atoms with Crippen LogP contribution in [0.1, 0.15) is 25.7 Å². The molecule has 3 heterocycles. The summed E-state index contributed by atoms with van der Waals surface area (Å²) in [5.41, 5.74) is -0.00156. The highest BCUT2D eigenvalue weighted by Crippen LogP contribution is 2.36. The molecule has 0 saturated carbocycles. The van der Waals surface area contributed by atoms with E-state index in [0.29, 0.717) is 19.6 Å². The molecule has 1 N–H and O–H groups in total. The summed E-state index contributed by atoms with van der Waals surface area (Å²) < 4.78 is 16.6. The molecule has 0 aromatic heterocycles. The first-order valence-electron chi connectivity index (χ1n) is 6.44. The standard InChI is InChI=1S/C12H19NO4/c14-11-10(1-6-15-11)17-9-7-12(16-8-9)2-4-13-5-3-12/h9-10,13H,1-8H2. The number of ether oxygens (including phenoxy) is 3. The molecule has 96 valence electrons. The van der Waals surface area contributed by atoms with Crippen LogP contribution in [0, 0.1) is 0 Å². The van der Waals surface area contributed by atoms with Gasteiger partial charge in [-0.3, -0.25) is 0 Å². The molecule has 3 saturated heterocycles. The van der Waals surface area contributed by atoms with E-state index in [0.717, 1.165) is 32.4 Å². The molecule has 0 aliphatic carbocycles. The van der Waals surface area contributed by atoms with Gasteiger partial charge in [0.05, 0.1) is 24.9 Å². The molecule has 1 spiro atoms. The number of cyclic esters (lactones) is 1. The van der Waals surface area contributed by atoms with Crippen LogP contribution in [0.3, 0.4) is 0 Å². The zero-order valence-corrected chi connectivity index (χ0v) is 9.94. The SMILES string of the molecule is O=C1OCCC1OC1COC2(CCNCC2)C1. The Balaban J connectivity index is 1.54. The van der Waals surface area contributed by atoms with Crippen molar-refractivity contribution >= 4 is 5.97 Å². The fraction of sp³-hybridized carbons (Fsp3) is 0.917. The van der Waals surface area contributed by atoms with E-state index in [1.165, 1.54) is 0 Å². The molecule has 3 rings (SSSR count). The summed E-state index contributed by atoms with van der Waals surface area (Å²) in [6, 6.07) is 0. The van der Waals surface area contributed by atoms with Gasteiger partial charge in [0.15, 0.2) is 6.10 Å². The monoisotopic (exact) mass is 241 g/mol. The number of carbonyl (C=O) groups excluding carboxylic acids is 1. The maximum absolute atomic E-state index is 11.3. The number of esters is 1. The molecule has 5 nitrogen and oxygen atoms in total. The first kappa shape index (κ1) is 11.4. The summed E-state index contributed by atoms with van der Waals surface area (Å²) in [6.07, 6.45) is 3.39. The summed E-state index contributed by atoms with van der Waals surface area (Å²) in [6.45, 7) is 3.13. The third kappa shape index (κ3) is 2.32. The first-order chi connectivity index (χ1) is 8.27. The lowest BCUT2D eigenvalue weighted by Gasteiger charge is -2.32. The fourth-order valence-corrected chi connectivity index (χ4v) is 2.95. The van der Waals surface area contributed by atoms with E-state index in [1.54, 1.807) is 0 Å². The molecule has 0 amide bonds. The van der Waals surface area contributed by atoms with Gasteiger partial charge in [-0.05, 0) is 25.9 Å². The highest BCUT2D eigenvalue weighted by Gasteiger charge is 2.43. The number of nitrogens with one attached hydrogen (secondary N) is 1. The largest absolute Gasteiger partial charge is 0.464 e. The Bertz CT molecular complexity index is 301. The Morgan fingerprint density at radius 1 is 1.35 bits per heavy atom. The topological polar surface area (TPSA) is 56.8 Å². The van der Waals surface area contributed by atoms with Crippen LogP contribution in [0.2, 0.25) is 0 Å². The molecular weight excluding hydrogens is 222 g/mol. The highest BCUT2D eigenvalue weighted by atomic mass is 16.6. The molecule has 2 atom stereocenters. The molecule has 3 fully saturated rings. The zero-order valence-electron chi connectivity index (χ0n) is 9.94. The zero-order chi connectivity index (χ0) is 11.7. The molecule has 3 aliphatic heterocycles. The van der Waals surface area contributed by atoms with Crippen molar-refractivity contribution in [2.75, 3.05) is 26.3 Å². The molecule has 0 radical (unpaired) electrons. The van der Waals surface area contributed by atoms with Gasteiger partial charge in [-0.15, -0.1) is 0 Å². The number of hydrogen-bond donors (Lipinski definition) is 1. The lowest BCUT2D eigenvalue weighted by Crippen LogP contribution is -2.41. The van der Waals surface area contributed by atoms with Crippen molar-refractivity contribution in [1.82, 2.24) is 5.32 Å². The Morgan fingerprint density at radius 3 is 2.88 bits per heavy atom. The van der Waals surface area contributed by atoms with E-state index in [9.17, 15) is 4.79 Å².